The Labute approximate surface area is 115 Å². The van der Waals surface area contributed by atoms with Gasteiger partial charge in [0.25, 0.3) is 5.56 Å². The number of benzene rings is 1. The lowest BCUT2D eigenvalue weighted by Crippen LogP contribution is -2.17. The van der Waals surface area contributed by atoms with Gasteiger partial charge in [0.15, 0.2) is 11.5 Å². The van der Waals surface area contributed by atoms with Gasteiger partial charge in [-0.1, -0.05) is 0 Å². The minimum absolute atomic E-state index is 0.0804. The molecule has 2 aromatic rings. The van der Waals surface area contributed by atoms with E-state index in [0.717, 1.165) is 5.69 Å². The lowest BCUT2D eigenvalue weighted by molar-refractivity contribution is 0.365. The number of pyridine rings is 1. The quantitative estimate of drug-likeness (QED) is 0.636. The van der Waals surface area contributed by atoms with E-state index < -0.39 is 5.75 Å². The van der Waals surface area contributed by atoms with Crippen LogP contribution in [-0.2, 0) is 13.1 Å². The van der Waals surface area contributed by atoms with Crippen LogP contribution in [-0.4, -0.2) is 19.9 Å². The molecule has 106 valence electrons. The molecule has 0 amide bonds. The van der Waals surface area contributed by atoms with E-state index in [1.165, 1.54) is 18.2 Å². The molecule has 1 aromatic carbocycles. The Morgan fingerprint density at radius 2 is 1.85 bits per heavy atom. The first-order valence-corrected chi connectivity index (χ1v) is 6.20. The third kappa shape index (κ3) is 2.69. The Morgan fingerprint density at radius 3 is 2.55 bits per heavy atom. The van der Waals surface area contributed by atoms with Crippen molar-refractivity contribution in [1.82, 2.24) is 4.57 Å². The summed E-state index contributed by atoms with van der Waals surface area (Å²) in [7, 11) is 0. The number of phenolic OH excluding ortho intramolecular Hbond substituents is 3. The molecule has 4 N–H and O–H groups in total. The normalized spacial score (nSPS) is 10.4. The Balaban J connectivity index is 2.17. The van der Waals surface area contributed by atoms with Crippen LogP contribution in [0, 0.1) is 0 Å². The van der Waals surface area contributed by atoms with Crippen LogP contribution in [0.25, 0.3) is 0 Å². The van der Waals surface area contributed by atoms with Crippen LogP contribution >= 0.6 is 0 Å². The molecule has 0 saturated heterocycles. The van der Waals surface area contributed by atoms with Crippen molar-refractivity contribution >= 4 is 5.69 Å². The average Bonchev–Trinajstić information content (AvgIpc) is 2.45. The van der Waals surface area contributed by atoms with E-state index in [-0.39, 0.29) is 23.6 Å². The molecular weight excluding hydrogens is 260 g/mol. The van der Waals surface area contributed by atoms with Gasteiger partial charge in [-0.05, 0) is 25.1 Å². The van der Waals surface area contributed by atoms with Crippen LogP contribution in [0.3, 0.4) is 0 Å². The van der Waals surface area contributed by atoms with Gasteiger partial charge in [-0.15, -0.1) is 0 Å². The standard InChI is InChI=1S/C14H16N2O4/c1-2-16-8-10(4-6-12(16)18)15-7-9-3-5-11(17)14(20)13(9)19/h3-6,8,15,17,19-20H,2,7H2,1H3. The number of hydrogen-bond donors (Lipinski definition) is 4. The number of aromatic nitrogens is 1. The number of nitrogens with zero attached hydrogens (tertiary/aromatic N) is 1. The topological polar surface area (TPSA) is 94.7 Å². The van der Waals surface area contributed by atoms with Gasteiger partial charge in [0.1, 0.15) is 0 Å². The van der Waals surface area contributed by atoms with Crippen molar-refractivity contribution < 1.29 is 15.3 Å². The summed E-state index contributed by atoms with van der Waals surface area (Å²) in [5, 5.41) is 31.4. The fourth-order valence-corrected chi connectivity index (χ4v) is 1.83. The van der Waals surface area contributed by atoms with Gasteiger partial charge in [-0.3, -0.25) is 4.79 Å². The molecule has 0 unspecified atom stereocenters. The lowest BCUT2D eigenvalue weighted by Gasteiger charge is -2.11. The van der Waals surface area contributed by atoms with Crippen molar-refractivity contribution in [2.24, 2.45) is 0 Å². The number of nitrogens with one attached hydrogen (secondary N) is 1. The molecule has 6 nitrogen and oxygen atoms in total. The number of phenols is 3. The van der Waals surface area contributed by atoms with Gasteiger partial charge in [0.05, 0.1) is 5.69 Å². The molecule has 0 radical (unpaired) electrons. The fraction of sp³-hybridized carbons (Fsp3) is 0.214. The van der Waals surface area contributed by atoms with E-state index in [1.54, 1.807) is 16.8 Å². The molecule has 0 aliphatic rings. The molecule has 0 bridgehead atoms. The fourth-order valence-electron chi connectivity index (χ4n) is 1.83. The van der Waals surface area contributed by atoms with E-state index in [1.807, 2.05) is 6.92 Å². The largest absolute Gasteiger partial charge is 0.504 e. The number of aryl methyl sites for hydroxylation is 1. The van der Waals surface area contributed by atoms with Gasteiger partial charge in [-0.25, -0.2) is 0 Å². The van der Waals surface area contributed by atoms with Crippen molar-refractivity contribution in [3.63, 3.8) is 0 Å². The zero-order valence-corrected chi connectivity index (χ0v) is 11.0. The summed E-state index contributed by atoms with van der Waals surface area (Å²) in [6.07, 6.45) is 1.68. The van der Waals surface area contributed by atoms with Crippen LogP contribution in [0.4, 0.5) is 5.69 Å². The second-order valence-electron chi connectivity index (χ2n) is 4.34. The highest BCUT2D eigenvalue weighted by Gasteiger charge is 2.10. The van der Waals surface area contributed by atoms with E-state index in [4.69, 9.17) is 0 Å². The van der Waals surface area contributed by atoms with Crippen molar-refractivity contribution in [1.29, 1.82) is 0 Å². The number of aromatic hydroxyl groups is 3. The van der Waals surface area contributed by atoms with Gasteiger partial charge in [-0.2, -0.15) is 0 Å². The Bertz CT molecular complexity index is 679. The van der Waals surface area contributed by atoms with Crippen molar-refractivity contribution in [2.75, 3.05) is 5.32 Å². The molecule has 0 fully saturated rings. The summed E-state index contributed by atoms with van der Waals surface area (Å²) in [6.45, 7) is 2.69. The third-order valence-corrected chi connectivity index (χ3v) is 3.02. The highest BCUT2D eigenvalue weighted by molar-refractivity contribution is 5.54. The van der Waals surface area contributed by atoms with Crippen LogP contribution in [0.5, 0.6) is 17.2 Å². The molecule has 1 heterocycles. The minimum Gasteiger partial charge on any atom is -0.504 e. The second kappa shape index (κ2) is 5.56. The van der Waals surface area contributed by atoms with Crippen LogP contribution in [0.1, 0.15) is 12.5 Å². The molecule has 20 heavy (non-hydrogen) atoms. The van der Waals surface area contributed by atoms with E-state index in [0.29, 0.717) is 12.1 Å². The molecule has 6 heteroatoms. The van der Waals surface area contributed by atoms with Crippen molar-refractivity contribution in [3.05, 3.63) is 46.4 Å². The first kappa shape index (κ1) is 13.8. The van der Waals surface area contributed by atoms with Gasteiger partial charge < -0.3 is 25.2 Å². The maximum absolute atomic E-state index is 11.4. The monoisotopic (exact) mass is 276 g/mol. The molecule has 0 aliphatic carbocycles. The van der Waals surface area contributed by atoms with E-state index >= 15 is 0 Å². The summed E-state index contributed by atoms with van der Waals surface area (Å²) in [5.74, 6) is -1.27. The summed E-state index contributed by atoms with van der Waals surface area (Å²) in [6, 6.07) is 5.91. The smallest absolute Gasteiger partial charge is 0.250 e. The summed E-state index contributed by atoms with van der Waals surface area (Å²) in [4.78, 5) is 11.4. The van der Waals surface area contributed by atoms with Gasteiger partial charge in [0.2, 0.25) is 5.75 Å². The maximum atomic E-state index is 11.4. The number of rotatable bonds is 4. The maximum Gasteiger partial charge on any atom is 0.250 e. The zero-order chi connectivity index (χ0) is 14.7. The summed E-state index contributed by atoms with van der Waals surface area (Å²) >= 11 is 0. The molecule has 1 aromatic heterocycles. The third-order valence-electron chi connectivity index (χ3n) is 3.02. The van der Waals surface area contributed by atoms with Crippen molar-refractivity contribution in [2.45, 2.75) is 20.0 Å². The Morgan fingerprint density at radius 1 is 1.10 bits per heavy atom. The number of anilines is 1. The van der Waals surface area contributed by atoms with E-state index in [2.05, 4.69) is 5.32 Å². The minimum atomic E-state index is -0.539. The zero-order valence-electron chi connectivity index (χ0n) is 11.0. The number of hydrogen-bond acceptors (Lipinski definition) is 5. The van der Waals surface area contributed by atoms with Crippen LogP contribution < -0.4 is 10.9 Å². The lowest BCUT2D eigenvalue weighted by atomic mass is 10.1. The highest BCUT2D eigenvalue weighted by atomic mass is 16.3. The highest BCUT2D eigenvalue weighted by Crippen LogP contribution is 2.37. The van der Waals surface area contributed by atoms with Gasteiger partial charge in [0, 0.05) is 30.9 Å². The summed E-state index contributed by atoms with van der Waals surface area (Å²) < 4.78 is 1.55. The Kier molecular flexibility index (Phi) is 3.84. The molecular formula is C14H16N2O4. The van der Waals surface area contributed by atoms with Crippen molar-refractivity contribution in [3.8, 4) is 17.2 Å². The second-order valence-corrected chi connectivity index (χ2v) is 4.34. The predicted octanol–water partition coefficient (Wildman–Crippen LogP) is 1.60. The average molecular weight is 276 g/mol. The molecule has 0 saturated carbocycles. The van der Waals surface area contributed by atoms with E-state index in [9.17, 15) is 20.1 Å². The van der Waals surface area contributed by atoms with Gasteiger partial charge >= 0.3 is 0 Å². The van der Waals surface area contributed by atoms with Crippen LogP contribution in [0.15, 0.2) is 35.3 Å². The molecule has 0 spiro atoms. The summed E-state index contributed by atoms with van der Waals surface area (Å²) in [5.41, 5.74) is 1.08. The molecule has 0 atom stereocenters. The SMILES string of the molecule is CCn1cc(NCc2ccc(O)c(O)c2O)ccc1=O. The molecule has 2 rings (SSSR count). The molecule has 0 aliphatic heterocycles. The first-order chi connectivity index (χ1) is 9.52. The van der Waals surface area contributed by atoms with Crippen LogP contribution in [0.2, 0.25) is 0 Å². The Hall–Kier alpha value is -2.63. The predicted molar refractivity (Wildman–Crippen MR) is 75.1 cm³/mol. The first-order valence-electron chi connectivity index (χ1n) is 6.20.